The molecule has 0 saturated heterocycles. The summed E-state index contributed by atoms with van der Waals surface area (Å²) in [5.74, 6) is 0.912. The summed E-state index contributed by atoms with van der Waals surface area (Å²) in [7, 11) is 1.60. The Morgan fingerprint density at radius 1 is 1.33 bits per heavy atom. The van der Waals surface area contributed by atoms with E-state index in [9.17, 15) is 4.79 Å². The third-order valence-electron chi connectivity index (χ3n) is 3.92. The van der Waals surface area contributed by atoms with E-state index in [1.165, 1.54) is 0 Å². The fourth-order valence-electron chi connectivity index (χ4n) is 2.54. The van der Waals surface area contributed by atoms with Gasteiger partial charge in [0.2, 0.25) is 5.60 Å². The molecule has 0 aliphatic carbocycles. The van der Waals surface area contributed by atoms with Crippen LogP contribution in [0.15, 0.2) is 47.8 Å². The van der Waals surface area contributed by atoms with Crippen molar-refractivity contribution in [2.45, 2.75) is 25.9 Å². The van der Waals surface area contributed by atoms with E-state index in [4.69, 9.17) is 9.57 Å². The summed E-state index contributed by atoms with van der Waals surface area (Å²) in [5, 5.41) is 6.89. The van der Waals surface area contributed by atoms with Gasteiger partial charge in [0.15, 0.2) is 0 Å². The minimum absolute atomic E-state index is 0.283. The zero-order valence-corrected chi connectivity index (χ0v) is 13.9. The number of pyridine rings is 1. The third kappa shape index (κ3) is 3.08. The molecule has 6 heteroatoms. The number of carbonyl (C=O) groups is 1. The van der Waals surface area contributed by atoms with E-state index in [0.717, 1.165) is 11.1 Å². The molecule has 2 heterocycles. The Bertz CT molecular complexity index is 804. The summed E-state index contributed by atoms with van der Waals surface area (Å²) in [4.78, 5) is 22.2. The quantitative estimate of drug-likeness (QED) is 0.938. The molecule has 0 bridgehead atoms. The minimum Gasteiger partial charge on any atom is -0.496 e. The van der Waals surface area contributed by atoms with Crippen molar-refractivity contribution in [2.24, 2.45) is 5.16 Å². The Balaban J connectivity index is 1.75. The maximum absolute atomic E-state index is 12.6. The van der Waals surface area contributed by atoms with Crippen LogP contribution in [0.25, 0.3) is 0 Å². The van der Waals surface area contributed by atoms with Gasteiger partial charge in [-0.1, -0.05) is 17.3 Å². The average molecular weight is 325 g/mol. The molecular formula is C18H19N3O3. The molecule has 1 N–H and O–H groups in total. The van der Waals surface area contributed by atoms with E-state index in [1.807, 2.05) is 37.3 Å². The molecule has 1 amide bonds. The van der Waals surface area contributed by atoms with Gasteiger partial charge in [-0.3, -0.25) is 4.79 Å². The van der Waals surface area contributed by atoms with Crippen molar-refractivity contribution in [3.8, 4) is 5.75 Å². The number of rotatable bonds is 4. The first-order valence-electron chi connectivity index (χ1n) is 7.64. The van der Waals surface area contributed by atoms with Crippen LogP contribution in [-0.2, 0) is 9.63 Å². The summed E-state index contributed by atoms with van der Waals surface area (Å²) in [5.41, 5.74) is 1.44. The minimum atomic E-state index is -1.08. The van der Waals surface area contributed by atoms with Crippen molar-refractivity contribution in [3.05, 3.63) is 53.7 Å². The second kappa shape index (κ2) is 6.31. The Hall–Kier alpha value is -2.89. The Morgan fingerprint density at radius 2 is 2.12 bits per heavy atom. The standard InChI is InChI=1S/C18H19N3O3/c1-12-8-9-19-16(10-12)20-17(22)18(2)11-14(21-24-18)13-6-4-5-7-15(13)23-3/h4-10H,11H2,1-3H3,(H,19,20,22)/t18-/m1/s1. The molecule has 1 aromatic heterocycles. The van der Waals surface area contributed by atoms with E-state index >= 15 is 0 Å². The zero-order chi connectivity index (χ0) is 17.2. The number of benzene rings is 1. The molecule has 2 aromatic rings. The lowest BCUT2D eigenvalue weighted by atomic mass is 9.94. The number of hydrogen-bond donors (Lipinski definition) is 1. The molecule has 6 nitrogen and oxygen atoms in total. The fourth-order valence-corrected chi connectivity index (χ4v) is 2.54. The number of aromatic nitrogens is 1. The van der Waals surface area contributed by atoms with Crippen molar-refractivity contribution < 1.29 is 14.4 Å². The number of aryl methyl sites for hydroxylation is 1. The predicted molar refractivity (Wildman–Crippen MR) is 91.2 cm³/mol. The highest BCUT2D eigenvalue weighted by molar-refractivity contribution is 6.09. The summed E-state index contributed by atoms with van der Waals surface area (Å²) in [6, 6.07) is 11.2. The summed E-state index contributed by atoms with van der Waals surface area (Å²) >= 11 is 0. The third-order valence-corrected chi connectivity index (χ3v) is 3.92. The van der Waals surface area contributed by atoms with Crippen LogP contribution in [0.2, 0.25) is 0 Å². The summed E-state index contributed by atoms with van der Waals surface area (Å²) in [6.45, 7) is 3.65. The van der Waals surface area contributed by atoms with Crippen LogP contribution in [0.5, 0.6) is 5.75 Å². The van der Waals surface area contributed by atoms with E-state index in [-0.39, 0.29) is 5.91 Å². The van der Waals surface area contributed by atoms with Crippen LogP contribution < -0.4 is 10.1 Å². The van der Waals surface area contributed by atoms with Gasteiger partial charge in [-0.05, 0) is 43.7 Å². The molecule has 24 heavy (non-hydrogen) atoms. The Morgan fingerprint density at radius 3 is 2.88 bits per heavy atom. The SMILES string of the molecule is COc1ccccc1C1=NO[C@@](C)(C(=O)Nc2cc(C)ccn2)C1. The second-order valence-corrected chi connectivity index (χ2v) is 5.91. The summed E-state index contributed by atoms with van der Waals surface area (Å²) < 4.78 is 5.35. The number of ether oxygens (including phenoxy) is 1. The van der Waals surface area contributed by atoms with E-state index < -0.39 is 5.60 Å². The molecule has 0 radical (unpaired) electrons. The lowest BCUT2D eigenvalue weighted by Gasteiger charge is -2.20. The number of nitrogens with zero attached hydrogens (tertiary/aromatic N) is 2. The van der Waals surface area contributed by atoms with Gasteiger partial charge < -0.3 is 14.9 Å². The first-order valence-corrected chi connectivity index (χ1v) is 7.64. The van der Waals surface area contributed by atoms with Crippen LogP contribution in [-0.4, -0.2) is 29.3 Å². The molecular weight excluding hydrogens is 306 g/mol. The van der Waals surface area contributed by atoms with E-state index in [1.54, 1.807) is 26.3 Å². The van der Waals surface area contributed by atoms with Crippen molar-refractivity contribution in [3.63, 3.8) is 0 Å². The fraction of sp³-hybridized carbons (Fsp3) is 0.278. The normalized spacial score (nSPS) is 19.4. The van der Waals surface area contributed by atoms with Crippen LogP contribution in [0.4, 0.5) is 5.82 Å². The second-order valence-electron chi connectivity index (χ2n) is 5.91. The van der Waals surface area contributed by atoms with E-state index in [2.05, 4.69) is 15.5 Å². The highest BCUT2D eigenvalue weighted by Gasteiger charge is 2.43. The van der Waals surface area contributed by atoms with Crippen LogP contribution >= 0.6 is 0 Å². The molecule has 1 aromatic carbocycles. The highest BCUT2D eigenvalue weighted by atomic mass is 16.7. The maximum atomic E-state index is 12.6. The molecule has 3 rings (SSSR count). The van der Waals surface area contributed by atoms with Gasteiger partial charge in [0, 0.05) is 18.2 Å². The smallest absolute Gasteiger partial charge is 0.272 e. The number of oxime groups is 1. The van der Waals surface area contributed by atoms with Crippen molar-refractivity contribution in [2.75, 3.05) is 12.4 Å². The maximum Gasteiger partial charge on any atom is 0.272 e. The molecule has 0 unspecified atom stereocenters. The lowest BCUT2D eigenvalue weighted by Crippen LogP contribution is -2.40. The number of hydrogen-bond acceptors (Lipinski definition) is 5. The van der Waals surface area contributed by atoms with Crippen molar-refractivity contribution >= 4 is 17.4 Å². The average Bonchev–Trinajstić information content (AvgIpc) is 2.98. The van der Waals surface area contributed by atoms with Crippen molar-refractivity contribution in [1.29, 1.82) is 0 Å². The van der Waals surface area contributed by atoms with Gasteiger partial charge in [0.25, 0.3) is 5.91 Å². The topological polar surface area (TPSA) is 72.8 Å². The Labute approximate surface area is 140 Å². The molecule has 0 saturated carbocycles. The lowest BCUT2D eigenvalue weighted by molar-refractivity contribution is -0.135. The van der Waals surface area contributed by atoms with Gasteiger partial charge >= 0.3 is 0 Å². The number of amides is 1. The van der Waals surface area contributed by atoms with Crippen LogP contribution in [0.3, 0.4) is 0 Å². The first-order chi connectivity index (χ1) is 11.5. The van der Waals surface area contributed by atoms with Crippen LogP contribution in [0, 0.1) is 6.92 Å². The van der Waals surface area contributed by atoms with Gasteiger partial charge in [-0.15, -0.1) is 0 Å². The van der Waals surface area contributed by atoms with Crippen LogP contribution in [0.1, 0.15) is 24.5 Å². The van der Waals surface area contributed by atoms with Gasteiger partial charge in [-0.2, -0.15) is 0 Å². The molecule has 0 fully saturated rings. The molecule has 124 valence electrons. The Kier molecular flexibility index (Phi) is 4.20. The number of nitrogens with one attached hydrogen (secondary N) is 1. The molecule has 0 spiro atoms. The monoisotopic (exact) mass is 325 g/mol. The van der Waals surface area contributed by atoms with Crippen molar-refractivity contribution in [1.82, 2.24) is 4.98 Å². The molecule has 1 aliphatic heterocycles. The van der Waals surface area contributed by atoms with Gasteiger partial charge in [0.1, 0.15) is 11.6 Å². The summed E-state index contributed by atoms with van der Waals surface area (Å²) in [6.07, 6.45) is 2.00. The zero-order valence-electron chi connectivity index (χ0n) is 13.9. The number of carbonyl (C=O) groups excluding carboxylic acids is 1. The highest BCUT2D eigenvalue weighted by Crippen LogP contribution is 2.31. The number of methoxy groups -OCH3 is 1. The molecule has 1 atom stereocenters. The number of para-hydroxylation sites is 1. The molecule has 1 aliphatic rings. The predicted octanol–water partition coefficient (Wildman–Crippen LogP) is 2.92. The first kappa shape index (κ1) is 16.0. The van der Waals surface area contributed by atoms with E-state index in [0.29, 0.717) is 23.7 Å². The largest absolute Gasteiger partial charge is 0.496 e. The van der Waals surface area contributed by atoms with Gasteiger partial charge in [0.05, 0.1) is 12.8 Å². The number of anilines is 1. The van der Waals surface area contributed by atoms with Gasteiger partial charge in [-0.25, -0.2) is 4.98 Å².